The molecule has 108 valence electrons. The number of carboxylic acid groups (broad SMARTS) is 1. The molecule has 1 N–H and O–H groups in total. The molecule has 0 atom stereocenters. The predicted octanol–water partition coefficient (Wildman–Crippen LogP) is 2.79. The van der Waals surface area contributed by atoms with Gasteiger partial charge >= 0.3 is 5.97 Å². The average molecular weight is 305 g/mol. The van der Waals surface area contributed by atoms with Crippen molar-refractivity contribution in [2.45, 2.75) is 26.2 Å². The van der Waals surface area contributed by atoms with E-state index in [0.29, 0.717) is 22.1 Å². The van der Waals surface area contributed by atoms with Gasteiger partial charge in [0.1, 0.15) is 5.82 Å². The molecule has 0 spiro atoms. The third kappa shape index (κ3) is 2.88. The van der Waals surface area contributed by atoms with Gasteiger partial charge in [0.15, 0.2) is 0 Å². The lowest BCUT2D eigenvalue weighted by Gasteiger charge is -2.18. The Morgan fingerprint density at radius 1 is 1.43 bits per heavy atom. The maximum Gasteiger partial charge on any atom is 0.375 e. The highest BCUT2D eigenvalue weighted by atomic mass is 35.5. The summed E-state index contributed by atoms with van der Waals surface area (Å²) in [6.45, 7) is 5.70. The zero-order valence-corrected chi connectivity index (χ0v) is 12.5. The van der Waals surface area contributed by atoms with Crippen LogP contribution in [0.25, 0.3) is 5.69 Å². The van der Waals surface area contributed by atoms with E-state index < -0.39 is 11.4 Å². The number of hydrogen-bond acceptors (Lipinski definition) is 4. The van der Waals surface area contributed by atoms with E-state index in [1.54, 1.807) is 12.1 Å². The van der Waals surface area contributed by atoms with Crippen molar-refractivity contribution in [1.29, 1.82) is 5.26 Å². The standard InChI is InChI=1S/C14H13ClN4O2/c1-14(2,3)13-17-11(12(20)21)18-19(13)10-5-4-8(7-16)6-9(10)15/h4-6H,1-3H3,(H,20,21). The van der Waals surface area contributed by atoms with Crippen LogP contribution in [0.5, 0.6) is 0 Å². The largest absolute Gasteiger partial charge is 0.475 e. The van der Waals surface area contributed by atoms with E-state index in [9.17, 15) is 4.79 Å². The van der Waals surface area contributed by atoms with Gasteiger partial charge in [-0.2, -0.15) is 5.26 Å². The first kappa shape index (κ1) is 15.0. The summed E-state index contributed by atoms with van der Waals surface area (Å²) in [6, 6.07) is 6.71. The fourth-order valence-corrected chi connectivity index (χ4v) is 2.06. The number of nitriles is 1. The van der Waals surface area contributed by atoms with Crippen molar-refractivity contribution in [3.8, 4) is 11.8 Å². The minimum Gasteiger partial charge on any atom is -0.475 e. The lowest BCUT2D eigenvalue weighted by Crippen LogP contribution is -2.19. The summed E-state index contributed by atoms with van der Waals surface area (Å²) < 4.78 is 1.41. The summed E-state index contributed by atoms with van der Waals surface area (Å²) in [5.74, 6) is -1.02. The van der Waals surface area contributed by atoms with Gasteiger partial charge in [0.05, 0.1) is 22.3 Å². The van der Waals surface area contributed by atoms with Crippen LogP contribution >= 0.6 is 11.6 Å². The predicted molar refractivity (Wildman–Crippen MR) is 76.7 cm³/mol. The molecule has 0 radical (unpaired) electrons. The van der Waals surface area contributed by atoms with Gasteiger partial charge in [-0.15, -0.1) is 5.10 Å². The molecule has 0 fully saturated rings. The van der Waals surface area contributed by atoms with Gasteiger partial charge in [0.2, 0.25) is 0 Å². The summed E-state index contributed by atoms with van der Waals surface area (Å²) in [4.78, 5) is 15.2. The van der Waals surface area contributed by atoms with Crippen LogP contribution in [-0.2, 0) is 5.41 Å². The Labute approximate surface area is 126 Å². The molecule has 6 nitrogen and oxygen atoms in total. The van der Waals surface area contributed by atoms with E-state index in [-0.39, 0.29) is 5.82 Å². The highest BCUT2D eigenvalue weighted by Gasteiger charge is 2.26. The van der Waals surface area contributed by atoms with Crippen LogP contribution in [0, 0.1) is 11.3 Å². The zero-order chi connectivity index (χ0) is 15.8. The third-order valence-corrected chi connectivity index (χ3v) is 3.08. The van der Waals surface area contributed by atoms with Crippen LogP contribution in [0.2, 0.25) is 5.02 Å². The highest BCUT2D eigenvalue weighted by Crippen LogP contribution is 2.27. The molecule has 0 aliphatic heterocycles. The van der Waals surface area contributed by atoms with Gasteiger partial charge in [0, 0.05) is 5.41 Å². The Bertz CT molecular complexity index is 753. The van der Waals surface area contributed by atoms with Crippen LogP contribution in [0.15, 0.2) is 18.2 Å². The van der Waals surface area contributed by atoms with E-state index in [0.717, 1.165) is 0 Å². The van der Waals surface area contributed by atoms with E-state index in [4.69, 9.17) is 22.0 Å². The molecular formula is C14H13ClN4O2. The molecule has 0 saturated heterocycles. The van der Waals surface area contributed by atoms with Gasteiger partial charge in [-0.05, 0) is 18.2 Å². The number of halogens is 1. The van der Waals surface area contributed by atoms with Gasteiger partial charge in [-0.1, -0.05) is 32.4 Å². The fourth-order valence-electron chi connectivity index (χ4n) is 1.80. The number of nitrogens with zero attached hydrogens (tertiary/aromatic N) is 4. The Kier molecular flexibility index (Phi) is 3.71. The number of aromatic carboxylic acids is 1. The number of carboxylic acids is 1. The van der Waals surface area contributed by atoms with Gasteiger partial charge < -0.3 is 5.11 Å². The average Bonchev–Trinajstić information content (AvgIpc) is 2.83. The van der Waals surface area contributed by atoms with Crippen LogP contribution in [-0.4, -0.2) is 25.8 Å². The monoisotopic (exact) mass is 304 g/mol. The number of carbonyl (C=O) groups is 1. The lowest BCUT2D eigenvalue weighted by molar-refractivity contribution is 0.0683. The normalized spacial score (nSPS) is 11.2. The Hall–Kier alpha value is -2.39. The summed E-state index contributed by atoms with van der Waals surface area (Å²) in [7, 11) is 0. The molecule has 2 rings (SSSR count). The quantitative estimate of drug-likeness (QED) is 0.921. The van der Waals surface area contributed by atoms with Gasteiger partial charge in [0.25, 0.3) is 5.82 Å². The SMILES string of the molecule is CC(C)(C)c1nc(C(=O)O)nn1-c1ccc(C#N)cc1Cl. The van der Waals surface area contributed by atoms with Crippen molar-refractivity contribution in [3.63, 3.8) is 0 Å². The third-order valence-electron chi connectivity index (χ3n) is 2.77. The molecule has 0 bridgehead atoms. The second-order valence-electron chi connectivity index (χ2n) is 5.50. The minimum atomic E-state index is -1.20. The lowest BCUT2D eigenvalue weighted by atomic mass is 9.95. The molecule has 7 heteroatoms. The molecule has 0 unspecified atom stereocenters. The van der Waals surface area contributed by atoms with Crippen molar-refractivity contribution < 1.29 is 9.90 Å². The second kappa shape index (κ2) is 5.19. The van der Waals surface area contributed by atoms with Crippen LogP contribution < -0.4 is 0 Å². The number of hydrogen-bond donors (Lipinski definition) is 1. The molecule has 0 amide bonds. The van der Waals surface area contributed by atoms with E-state index >= 15 is 0 Å². The molecule has 0 aliphatic carbocycles. The van der Waals surface area contributed by atoms with Crippen molar-refractivity contribution >= 4 is 17.6 Å². The zero-order valence-electron chi connectivity index (χ0n) is 11.8. The highest BCUT2D eigenvalue weighted by molar-refractivity contribution is 6.32. The molecular weight excluding hydrogens is 292 g/mol. The maximum absolute atomic E-state index is 11.1. The summed E-state index contributed by atoms with van der Waals surface area (Å²) in [5.41, 5.74) is 0.484. The maximum atomic E-state index is 11.1. The number of aromatic nitrogens is 3. The van der Waals surface area contributed by atoms with Crippen molar-refractivity contribution in [1.82, 2.24) is 14.8 Å². The van der Waals surface area contributed by atoms with E-state index in [2.05, 4.69) is 10.1 Å². The van der Waals surface area contributed by atoms with Crippen LogP contribution in [0.3, 0.4) is 0 Å². The first-order valence-corrected chi connectivity index (χ1v) is 6.52. The topological polar surface area (TPSA) is 91.8 Å². The van der Waals surface area contributed by atoms with Gasteiger partial charge in [-0.3, -0.25) is 0 Å². The molecule has 2 aromatic rings. The van der Waals surface area contributed by atoms with Crippen LogP contribution in [0.1, 0.15) is 42.8 Å². The van der Waals surface area contributed by atoms with E-state index in [1.807, 2.05) is 26.8 Å². The fraction of sp³-hybridized carbons (Fsp3) is 0.286. The Morgan fingerprint density at radius 2 is 2.10 bits per heavy atom. The number of rotatable bonds is 2. The smallest absolute Gasteiger partial charge is 0.375 e. The summed E-state index contributed by atoms with van der Waals surface area (Å²) in [6.07, 6.45) is 0. The molecule has 1 heterocycles. The molecule has 0 aliphatic rings. The molecule has 1 aromatic heterocycles. The van der Waals surface area contributed by atoms with Crippen molar-refractivity contribution in [2.75, 3.05) is 0 Å². The minimum absolute atomic E-state index is 0.291. The first-order valence-electron chi connectivity index (χ1n) is 6.15. The second-order valence-corrected chi connectivity index (χ2v) is 5.91. The summed E-state index contributed by atoms with van der Waals surface area (Å²) in [5, 5.41) is 22.2. The van der Waals surface area contributed by atoms with Gasteiger partial charge in [-0.25, -0.2) is 14.5 Å². The molecule has 1 aromatic carbocycles. The number of benzene rings is 1. The van der Waals surface area contributed by atoms with Crippen molar-refractivity contribution in [3.05, 3.63) is 40.4 Å². The molecule has 0 saturated carbocycles. The van der Waals surface area contributed by atoms with Crippen LogP contribution in [0.4, 0.5) is 0 Å². The molecule has 21 heavy (non-hydrogen) atoms. The Morgan fingerprint density at radius 3 is 2.57 bits per heavy atom. The summed E-state index contributed by atoms with van der Waals surface area (Å²) >= 11 is 6.17. The Balaban J connectivity index is 2.68. The van der Waals surface area contributed by atoms with Crippen molar-refractivity contribution in [2.24, 2.45) is 0 Å². The van der Waals surface area contributed by atoms with E-state index in [1.165, 1.54) is 10.7 Å². The first-order chi connectivity index (χ1) is 9.74.